The van der Waals surface area contributed by atoms with Crippen LogP contribution in [0.25, 0.3) is 22.3 Å². The molecular weight excluding hydrogens is 409 g/mol. The first kappa shape index (κ1) is 21.6. The summed E-state index contributed by atoms with van der Waals surface area (Å²) in [6.07, 6.45) is -1.97. The maximum absolute atomic E-state index is 14.6. The van der Waals surface area contributed by atoms with E-state index >= 15 is 0 Å². The van der Waals surface area contributed by atoms with E-state index in [0.29, 0.717) is 5.56 Å². The van der Waals surface area contributed by atoms with Crippen LogP contribution in [-0.2, 0) is 12.6 Å². The number of hydrogen-bond acceptors (Lipinski definition) is 0. The maximum Gasteiger partial charge on any atom is 0.422 e. The Labute approximate surface area is 168 Å². The summed E-state index contributed by atoms with van der Waals surface area (Å²) in [4.78, 5) is 0. The Bertz CT molecular complexity index is 1030. The second kappa shape index (κ2) is 8.34. The van der Waals surface area contributed by atoms with Crippen molar-refractivity contribution in [2.24, 2.45) is 0 Å². The zero-order valence-corrected chi connectivity index (χ0v) is 15.5. The molecule has 0 saturated carbocycles. The molecule has 0 spiro atoms. The minimum absolute atomic E-state index is 0.178. The van der Waals surface area contributed by atoms with E-state index in [1.54, 1.807) is 30.3 Å². The van der Waals surface area contributed by atoms with Crippen molar-refractivity contribution in [3.63, 3.8) is 0 Å². The molecule has 0 bridgehead atoms. The van der Waals surface area contributed by atoms with Crippen molar-refractivity contribution in [2.75, 3.05) is 0 Å². The monoisotopic (exact) mass is 424 g/mol. The summed E-state index contributed by atoms with van der Waals surface area (Å²) < 4.78 is 95.0. The first-order valence-electron chi connectivity index (χ1n) is 8.87. The molecule has 0 aliphatic heterocycles. The highest BCUT2D eigenvalue weighted by Gasteiger charge is 2.38. The highest BCUT2D eigenvalue weighted by Crippen LogP contribution is 2.38. The Morgan fingerprint density at radius 3 is 1.67 bits per heavy atom. The smallest absolute Gasteiger partial charge is 0.206 e. The average molecular weight is 424 g/mol. The standard InChI is InChI=1S/C23H15F7/c1-2-3-4-13-5-7-14(8-6-13)15-9-17(24)21(18(25)10-15)16-11-19(26)22(20(27)12-16)23(28,29)30/h2,5-12H,1,3-4H2. The zero-order valence-electron chi connectivity index (χ0n) is 15.5. The van der Waals surface area contributed by atoms with Gasteiger partial charge < -0.3 is 0 Å². The van der Waals surface area contributed by atoms with E-state index in [-0.39, 0.29) is 17.7 Å². The number of aryl methyl sites for hydroxylation is 1. The third-order valence-electron chi connectivity index (χ3n) is 4.58. The molecule has 30 heavy (non-hydrogen) atoms. The predicted octanol–water partition coefficient (Wildman–Crippen LogP) is 7.71. The number of alkyl halides is 3. The minimum Gasteiger partial charge on any atom is -0.206 e. The van der Waals surface area contributed by atoms with Crippen LogP contribution in [0.3, 0.4) is 0 Å². The Morgan fingerprint density at radius 1 is 0.700 bits per heavy atom. The minimum atomic E-state index is -5.27. The molecule has 0 aliphatic carbocycles. The Hall–Kier alpha value is -3.09. The van der Waals surface area contributed by atoms with Gasteiger partial charge in [0.1, 0.15) is 28.8 Å². The Morgan fingerprint density at radius 2 is 1.20 bits per heavy atom. The number of benzene rings is 3. The third kappa shape index (κ3) is 4.40. The molecule has 0 nitrogen and oxygen atoms in total. The highest BCUT2D eigenvalue weighted by molar-refractivity contribution is 5.72. The molecule has 0 fully saturated rings. The van der Waals surface area contributed by atoms with E-state index in [9.17, 15) is 30.7 Å². The summed E-state index contributed by atoms with van der Waals surface area (Å²) in [6.45, 7) is 3.64. The lowest BCUT2D eigenvalue weighted by atomic mass is 9.96. The van der Waals surface area contributed by atoms with Crippen LogP contribution in [0.4, 0.5) is 30.7 Å². The molecule has 7 heteroatoms. The van der Waals surface area contributed by atoms with E-state index in [2.05, 4.69) is 6.58 Å². The van der Waals surface area contributed by atoms with Crippen molar-refractivity contribution in [3.8, 4) is 22.3 Å². The topological polar surface area (TPSA) is 0 Å². The van der Waals surface area contributed by atoms with Crippen LogP contribution in [0.2, 0.25) is 0 Å². The molecule has 0 aliphatic rings. The fourth-order valence-corrected chi connectivity index (χ4v) is 3.14. The van der Waals surface area contributed by atoms with Crippen molar-refractivity contribution in [2.45, 2.75) is 19.0 Å². The number of hydrogen-bond donors (Lipinski definition) is 0. The maximum atomic E-state index is 14.6. The molecule has 0 heterocycles. The van der Waals surface area contributed by atoms with Gasteiger partial charge >= 0.3 is 6.18 Å². The fraction of sp³-hybridized carbons (Fsp3) is 0.130. The quantitative estimate of drug-likeness (QED) is 0.291. The molecule has 0 atom stereocenters. The van der Waals surface area contributed by atoms with Gasteiger partial charge in [-0.3, -0.25) is 0 Å². The second-order valence-electron chi connectivity index (χ2n) is 6.65. The Balaban J connectivity index is 2.01. The van der Waals surface area contributed by atoms with Crippen molar-refractivity contribution in [3.05, 3.63) is 95.6 Å². The third-order valence-corrected chi connectivity index (χ3v) is 4.58. The number of halogens is 7. The van der Waals surface area contributed by atoms with Crippen molar-refractivity contribution in [1.82, 2.24) is 0 Å². The van der Waals surface area contributed by atoms with Gasteiger partial charge in [-0.1, -0.05) is 30.3 Å². The van der Waals surface area contributed by atoms with Crippen LogP contribution in [0.1, 0.15) is 17.5 Å². The molecule has 0 radical (unpaired) electrons. The van der Waals surface area contributed by atoms with Crippen LogP contribution in [-0.4, -0.2) is 0 Å². The van der Waals surface area contributed by atoms with Crippen molar-refractivity contribution in [1.29, 1.82) is 0 Å². The number of rotatable bonds is 5. The van der Waals surface area contributed by atoms with Gasteiger partial charge in [0.2, 0.25) is 0 Å². The van der Waals surface area contributed by atoms with E-state index < -0.39 is 46.1 Å². The lowest BCUT2D eigenvalue weighted by molar-refractivity contribution is -0.142. The van der Waals surface area contributed by atoms with Gasteiger partial charge in [0, 0.05) is 0 Å². The summed E-state index contributed by atoms with van der Waals surface area (Å²) in [7, 11) is 0. The second-order valence-corrected chi connectivity index (χ2v) is 6.65. The van der Waals surface area contributed by atoms with Gasteiger partial charge in [-0.15, -0.1) is 6.58 Å². The van der Waals surface area contributed by atoms with E-state index in [1.165, 1.54) is 0 Å². The van der Waals surface area contributed by atoms with Crippen LogP contribution in [0, 0.1) is 23.3 Å². The van der Waals surface area contributed by atoms with Crippen LogP contribution < -0.4 is 0 Å². The summed E-state index contributed by atoms with van der Waals surface area (Å²) in [5.41, 5.74) is -1.90. The van der Waals surface area contributed by atoms with Crippen LogP contribution >= 0.6 is 0 Å². The lowest BCUT2D eigenvalue weighted by Gasteiger charge is -2.13. The van der Waals surface area contributed by atoms with Crippen molar-refractivity contribution < 1.29 is 30.7 Å². The first-order valence-corrected chi connectivity index (χ1v) is 8.87. The highest BCUT2D eigenvalue weighted by atomic mass is 19.4. The summed E-state index contributed by atoms with van der Waals surface area (Å²) >= 11 is 0. The molecule has 156 valence electrons. The molecule has 0 saturated heterocycles. The van der Waals surface area contributed by atoms with Gasteiger partial charge in [-0.2, -0.15) is 13.2 Å². The predicted molar refractivity (Wildman–Crippen MR) is 101 cm³/mol. The normalized spacial score (nSPS) is 11.6. The average Bonchev–Trinajstić information content (AvgIpc) is 2.64. The van der Waals surface area contributed by atoms with E-state index in [1.807, 2.05) is 0 Å². The van der Waals surface area contributed by atoms with E-state index in [4.69, 9.17) is 0 Å². The molecule has 0 aromatic heterocycles. The largest absolute Gasteiger partial charge is 0.422 e. The first-order chi connectivity index (χ1) is 14.1. The van der Waals surface area contributed by atoms with Crippen LogP contribution in [0.5, 0.6) is 0 Å². The van der Waals surface area contributed by atoms with E-state index in [0.717, 1.165) is 30.5 Å². The summed E-state index contributed by atoms with van der Waals surface area (Å²) in [5, 5.41) is 0. The molecule has 0 amide bonds. The van der Waals surface area contributed by atoms with Gasteiger partial charge in [0.15, 0.2) is 0 Å². The SMILES string of the molecule is C=CCCc1ccc(-c2cc(F)c(-c3cc(F)c(C(F)(F)F)c(F)c3)c(F)c2)cc1. The summed E-state index contributed by atoms with van der Waals surface area (Å²) in [5.74, 6) is -6.20. The fourth-order valence-electron chi connectivity index (χ4n) is 3.14. The molecular formula is C23H15F7. The van der Waals surface area contributed by atoms with Crippen molar-refractivity contribution >= 4 is 0 Å². The molecule has 3 rings (SSSR count). The summed E-state index contributed by atoms with van der Waals surface area (Å²) in [6, 6.07) is 9.39. The van der Waals surface area contributed by atoms with Gasteiger partial charge in [-0.25, -0.2) is 17.6 Å². The molecule has 3 aromatic carbocycles. The van der Waals surface area contributed by atoms with Gasteiger partial charge in [0.05, 0.1) is 5.56 Å². The molecule has 0 unspecified atom stereocenters. The number of allylic oxidation sites excluding steroid dienone is 1. The lowest BCUT2D eigenvalue weighted by Crippen LogP contribution is -2.11. The van der Waals surface area contributed by atoms with Gasteiger partial charge in [-0.05, 0) is 59.4 Å². The van der Waals surface area contributed by atoms with Crippen LogP contribution in [0.15, 0.2) is 61.2 Å². The molecule has 3 aromatic rings. The Kier molecular flexibility index (Phi) is 6.01. The zero-order chi connectivity index (χ0) is 22.1. The molecule has 0 N–H and O–H groups in total. The van der Waals surface area contributed by atoms with Gasteiger partial charge in [0.25, 0.3) is 0 Å².